The Morgan fingerprint density at radius 2 is 2.05 bits per heavy atom. The third kappa shape index (κ3) is 4.07. The van der Waals surface area contributed by atoms with E-state index in [1.54, 1.807) is 23.0 Å². The third-order valence-corrected chi connectivity index (χ3v) is 9.45. The summed E-state index contributed by atoms with van der Waals surface area (Å²) in [7, 11) is 1.65. The first kappa shape index (κ1) is 24.1. The van der Waals surface area contributed by atoms with Gasteiger partial charge in [0, 0.05) is 62.3 Å². The van der Waals surface area contributed by atoms with Gasteiger partial charge in [-0.2, -0.15) is 10.2 Å². The second-order valence-electron chi connectivity index (χ2n) is 11.0. The van der Waals surface area contributed by atoms with Crippen LogP contribution in [0.1, 0.15) is 44.6 Å². The summed E-state index contributed by atoms with van der Waals surface area (Å²) in [6.07, 6.45) is 9.22. The minimum atomic E-state index is 0.255. The van der Waals surface area contributed by atoms with E-state index in [0.717, 1.165) is 59.7 Å². The summed E-state index contributed by atoms with van der Waals surface area (Å²) < 4.78 is 12.9. The maximum absolute atomic E-state index is 5.59. The molecule has 4 aromatic rings. The number of likely N-dealkylation sites (tertiary alicyclic amines) is 1. The van der Waals surface area contributed by atoms with Crippen molar-refractivity contribution in [1.29, 1.82) is 0 Å². The first-order chi connectivity index (χ1) is 18.6. The summed E-state index contributed by atoms with van der Waals surface area (Å²) in [5.74, 6) is 1.72. The number of H-pyrrole nitrogens is 1. The molecule has 200 valence electrons. The van der Waals surface area contributed by atoms with E-state index >= 15 is 0 Å². The van der Waals surface area contributed by atoms with Gasteiger partial charge in [0.05, 0.1) is 24.7 Å². The Balaban J connectivity index is 1.13. The number of aromatic amines is 1. The van der Waals surface area contributed by atoms with Crippen molar-refractivity contribution in [3.63, 3.8) is 0 Å². The lowest BCUT2D eigenvalue weighted by Crippen LogP contribution is -2.48. The monoisotopic (exact) mass is 534 g/mol. The minimum absolute atomic E-state index is 0.255. The average molecular weight is 535 g/mol. The SMILES string of the molecule is COc1cc(-c2n[nH]c(-c3ncc(N4C[C@@H]5C[C@H]4CN5CC4CCOCC4)s3)c2C(C)C)cn2ncnc12. The van der Waals surface area contributed by atoms with E-state index in [1.807, 2.05) is 12.3 Å². The molecule has 7 heterocycles. The quantitative estimate of drug-likeness (QED) is 0.379. The Labute approximate surface area is 226 Å². The molecule has 0 unspecified atom stereocenters. The summed E-state index contributed by atoms with van der Waals surface area (Å²) in [6, 6.07) is 3.22. The minimum Gasteiger partial charge on any atom is -0.493 e. The van der Waals surface area contributed by atoms with Crippen molar-refractivity contribution < 1.29 is 9.47 Å². The topological polar surface area (TPSA) is 96.7 Å². The Kier molecular flexibility index (Phi) is 6.09. The van der Waals surface area contributed by atoms with Crippen molar-refractivity contribution in [2.45, 2.75) is 51.1 Å². The smallest absolute Gasteiger partial charge is 0.197 e. The summed E-state index contributed by atoms with van der Waals surface area (Å²) in [5.41, 5.74) is 4.66. The number of anilines is 1. The number of thiazole rings is 1. The van der Waals surface area contributed by atoms with E-state index in [4.69, 9.17) is 19.6 Å². The molecule has 3 aliphatic rings. The number of aromatic nitrogens is 6. The molecule has 0 aromatic carbocycles. The van der Waals surface area contributed by atoms with E-state index in [2.05, 4.69) is 45.0 Å². The molecule has 38 heavy (non-hydrogen) atoms. The molecule has 4 aromatic heterocycles. The second-order valence-corrected chi connectivity index (χ2v) is 12.1. The molecule has 3 aliphatic heterocycles. The third-order valence-electron chi connectivity index (χ3n) is 8.39. The molecule has 2 bridgehead atoms. The van der Waals surface area contributed by atoms with Gasteiger partial charge in [-0.15, -0.1) is 0 Å². The summed E-state index contributed by atoms with van der Waals surface area (Å²) in [4.78, 5) is 14.5. The van der Waals surface area contributed by atoms with Crippen molar-refractivity contribution in [2.24, 2.45) is 5.92 Å². The number of pyridine rings is 1. The highest BCUT2D eigenvalue weighted by atomic mass is 32.1. The van der Waals surface area contributed by atoms with Gasteiger partial charge in [0.15, 0.2) is 11.4 Å². The van der Waals surface area contributed by atoms with Crippen LogP contribution < -0.4 is 9.64 Å². The molecule has 11 heteroatoms. The van der Waals surface area contributed by atoms with Gasteiger partial charge < -0.3 is 14.4 Å². The molecule has 3 saturated heterocycles. The number of hydrogen-bond donors (Lipinski definition) is 1. The number of fused-ring (bicyclic) bond motifs is 3. The van der Waals surface area contributed by atoms with Crippen molar-refractivity contribution >= 4 is 22.0 Å². The lowest BCUT2D eigenvalue weighted by molar-refractivity contribution is 0.0498. The van der Waals surface area contributed by atoms with Gasteiger partial charge in [-0.25, -0.2) is 14.5 Å². The first-order valence-electron chi connectivity index (χ1n) is 13.6. The predicted molar refractivity (Wildman–Crippen MR) is 147 cm³/mol. The maximum atomic E-state index is 5.59. The fourth-order valence-electron chi connectivity index (χ4n) is 6.49. The van der Waals surface area contributed by atoms with Crippen molar-refractivity contribution in [3.8, 4) is 27.7 Å². The predicted octanol–water partition coefficient (Wildman–Crippen LogP) is 4.06. The van der Waals surface area contributed by atoms with Crippen LogP contribution >= 0.6 is 11.3 Å². The number of nitrogens with zero attached hydrogens (tertiary/aromatic N) is 7. The van der Waals surface area contributed by atoms with Gasteiger partial charge in [-0.05, 0) is 37.2 Å². The highest BCUT2D eigenvalue weighted by Gasteiger charge is 2.44. The van der Waals surface area contributed by atoms with Crippen LogP contribution in [0.15, 0.2) is 24.8 Å². The van der Waals surface area contributed by atoms with Gasteiger partial charge in [0.1, 0.15) is 16.3 Å². The molecule has 3 fully saturated rings. The molecule has 0 amide bonds. The van der Waals surface area contributed by atoms with Crippen LogP contribution in [-0.2, 0) is 4.74 Å². The molecular formula is C27H34N8O2S. The molecule has 0 spiro atoms. The number of rotatable bonds is 7. The normalized spacial score (nSPS) is 22.4. The molecule has 7 rings (SSSR count). The summed E-state index contributed by atoms with van der Waals surface area (Å²) in [5, 5.41) is 14.6. The van der Waals surface area contributed by atoms with Crippen LogP contribution in [0.5, 0.6) is 5.75 Å². The van der Waals surface area contributed by atoms with Crippen LogP contribution in [0.25, 0.3) is 27.6 Å². The number of piperazine rings is 1. The van der Waals surface area contributed by atoms with E-state index < -0.39 is 0 Å². The van der Waals surface area contributed by atoms with Crippen LogP contribution in [0.2, 0.25) is 0 Å². The Morgan fingerprint density at radius 1 is 1.18 bits per heavy atom. The zero-order valence-corrected chi connectivity index (χ0v) is 22.9. The van der Waals surface area contributed by atoms with Crippen LogP contribution in [0, 0.1) is 5.92 Å². The lowest BCUT2D eigenvalue weighted by Gasteiger charge is -2.37. The first-order valence-corrected chi connectivity index (χ1v) is 14.4. The summed E-state index contributed by atoms with van der Waals surface area (Å²) >= 11 is 1.77. The van der Waals surface area contributed by atoms with Crippen molar-refractivity contribution in [3.05, 3.63) is 30.4 Å². The van der Waals surface area contributed by atoms with Gasteiger partial charge in [0.2, 0.25) is 0 Å². The molecule has 2 atom stereocenters. The Bertz CT molecular complexity index is 1440. The van der Waals surface area contributed by atoms with Crippen LogP contribution in [0.3, 0.4) is 0 Å². The zero-order chi connectivity index (χ0) is 25.8. The number of ether oxygens (including phenoxy) is 2. The molecular weight excluding hydrogens is 500 g/mol. The van der Waals surface area contributed by atoms with Crippen LogP contribution in [-0.4, -0.2) is 86.7 Å². The van der Waals surface area contributed by atoms with Gasteiger partial charge in [0.25, 0.3) is 0 Å². The van der Waals surface area contributed by atoms with Crippen LogP contribution in [0.4, 0.5) is 5.00 Å². The van der Waals surface area contributed by atoms with Gasteiger partial charge >= 0.3 is 0 Å². The number of nitrogens with one attached hydrogen (secondary N) is 1. The van der Waals surface area contributed by atoms with Crippen molar-refractivity contribution in [1.82, 2.24) is 34.7 Å². The lowest BCUT2D eigenvalue weighted by atomic mass is 9.97. The maximum Gasteiger partial charge on any atom is 0.197 e. The van der Waals surface area contributed by atoms with Gasteiger partial charge in [-0.3, -0.25) is 10.00 Å². The fourth-order valence-corrected chi connectivity index (χ4v) is 7.50. The standard InChI is InChI=1S/C27H34N8O2S/c1-16(2)23-24(18-8-21(36-3)26-29-15-30-35(26)12-18)31-32-25(23)27-28-10-22(38-27)34-14-19-9-20(34)13-33(19)11-17-4-6-37-7-5-17/h8,10,12,15-17,19-20H,4-7,9,11,13-14H2,1-3H3,(H,31,32)/t19-,20-/m0/s1. The zero-order valence-electron chi connectivity index (χ0n) is 22.1. The second kappa shape index (κ2) is 9.62. The van der Waals surface area contributed by atoms with E-state index in [0.29, 0.717) is 23.5 Å². The number of hydrogen-bond acceptors (Lipinski definition) is 9. The molecule has 10 nitrogen and oxygen atoms in total. The molecule has 0 aliphatic carbocycles. The van der Waals surface area contributed by atoms with Gasteiger partial charge in [-0.1, -0.05) is 25.2 Å². The van der Waals surface area contributed by atoms with E-state index in [9.17, 15) is 0 Å². The van der Waals surface area contributed by atoms with E-state index in [-0.39, 0.29) is 5.92 Å². The molecule has 0 saturated carbocycles. The highest BCUT2D eigenvalue weighted by molar-refractivity contribution is 7.18. The van der Waals surface area contributed by atoms with E-state index in [1.165, 1.54) is 37.1 Å². The Hall–Kier alpha value is -3.02. The van der Waals surface area contributed by atoms with Crippen molar-refractivity contribution in [2.75, 3.05) is 44.9 Å². The number of methoxy groups -OCH3 is 1. The summed E-state index contributed by atoms with van der Waals surface area (Å²) in [6.45, 7) is 9.74. The fraction of sp³-hybridized carbons (Fsp3) is 0.556. The average Bonchev–Trinajstić information content (AvgIpc) is 3.75. The molecule has 1 N–H and O–H groups in total. The Morgan fingerprint density at radius 3 is 2.82 bits per heavy atom. The highest BCUT2D eigenvalue weighted by Crippen LogP contribution is 2.42. The largest absolute Gasteiger partial charge is 0.493 e. The molecule has 0 radical (unpaired) electrons.